The zero-order valence-electron chi connectivity index (χ0n) is 19.2. The van der Waals surface area contributed by atoms with Crippen molar-refractivity contribution in [2.45, 2.75) is 63.2 Å². The normalized spacial score (nSPS) is 11.5. The molecular weight excluding hydrogens is 452 g/mol. The van der Waals surface area contributed by atoms with E-state index in [1.54, 1.807) is 24.3 Å². The first-order valence-electron chi connectivity index (χ1n) is 11.6. The molecule has 0 aliphatic carbocycles. The van der Waals surface area contributed by atoms with Gasteiger partial charge >= 0.3 is 0 Å². The highest BCUT2D eigenvalue weighted by molar-refractivity contribution is 7.86. The van der Waals surface area contributed by atoms with Crippen molar-refractivity contribution in [3.8, 4) is 0 Å². The summed E-state index contributed by atoms with van der Waals surface area (Å²) in [6.45, 7) is 2.15. The SMILES string of the molecule is Cc1ccc(S(=O)(=O)OCCCCCCCCCc2ccccc2C(=O)c2cccs2)cc1. The van der Waals surface area contributed by atoms with Gasteiger partial charge in [0.2, 0.25) is 5.78 Å². The van der Waals surface area contributed by atoms with Crippen LogP contribution in [0, 0.1) is 6.92 Å². The second-order valence-corrected chi connectivity index (χ2v) is 10.8. The highest BCUT2D eigenvalue weighted by atomic mass is 32.2. The Kier molecular flexibility index (Phi) is 9.85. The number of carbonyl (C=O) groups is 1. The first-order valence-corrected chi connectivity index (χ1v) is 13.9. The van der Waals surface area contributed by atoms with Crippen LogP contribution in [0.15, 0.2) is 70.9 Å². The molecule has 0 spiro atoms. The van der Waals surface area contributed by atoms with Crippen molar-refractivity contribution in [1.29, 1.82) is 0 Å². The molecule has 176 valence electrons. The zero-order chi connectivity index (χ0) is 23.5. The third-order valence-electron chi connectivity index (χ3n) is 5.65. The topological polar surface area (TPSA) is 60.4 Å². The van der Waals surface area contributed by atoms with Crippen LogP contribution in [0.25, 0.3) is 0 Å². The molecule has 0 bridgehead atoms. The summed E-state index contributed by atoms with van der Waals surface area (Å²) in [6, 6.07) is 18.4. The lowest BCUT2D eigenvalue weighted by atomic mass is 9.97. The average Bonchev–Trinajstić information content (AvgIpc) is 3.35. The summed E-state index contributed by atoms with van der Waals surface area (Å²) in [4.78, 5) is 13.7. The summed E-state index contributed by atoms with van der Waals surface area (Å²) in [7, 11) is -3.66. The van der Waals surface area contributed by atoms with Gasteiger partial charge in [-0.1, -0.05) is 80.1 Å². The van der Waals surface area contributed by atoms with Crippen molar-refractivity contribution < 1.29 is 17.4 Å². The van der Waals surface area contributed by atoms with Crippen LogP contribution in [0.3, 0.4) is 0 Å². The molecule has 4 nitrogen and oxygen atoms in total. The molecule has 0 radical (unpaired) electrons. The number of hydrogen-bond donors (Lipinski definition) is 0. The lowest BCUT2D eigenvalue weighted by Crippen LogP contribution is -2.07. The maximum absolute atomic E-state index is 12.7. The van der Waals surface area contributed by atoms with Crippen molar-refractivity contribution in [2.24, 2.45) is 0 Å². The highest BCUT2D eigenvalue weighted by Crippen LogP contribution is 2.20. The summed E-state index contributed by atoms with van der Waals surface area (Å²) in [5.74, 6) is 0.118. The minimum absolute atomic E-state index is 0.118. The van der Waals surface area contributed by atoms with Gasteiger partial charge in [0.15, 0.2) is 0 Å². The van der Waals surface area contributed by atoms with Gasteiger partial charge in [-0.05, 0) is 55.3 Å². The summed E-state index contributed by atoms with van der Waals surface area (Å²) < 4.78 is 29.5. The van der Waals surface area contributed by atoms with Crippen molar-refractivity contribution in [1.82, 2.24) is 0 Å². The van der Waals surface area contributed by atoms with Crippen LogP contribution >= 0.6 is 11.3 Å². The third-order valence-corrected chi connectivity index (χ3v) is 7.84. The van der Waals surface area contributed by atoms with Gasteiger partial charge in [0.1, 0.15) is 0 Å². The molecule has 0 atom stereocenters. The van der Waals surface area contributed by atoms with E-state index in [1.165, 1.54) is 11.3 Å². The van der Waals surface area contributed by atoms with Crippen molar-refractivity contribution in [3.05, 3.63) is 87.6 Å². The summed E-state index contributed by atoms with van der Waals surface area (Å²) in [6.07, 6.45) is 8.14. The van der Waals surface area contributed by atoms with Crippen molar-refractivity contribution >= 4 is 27.2 Å². The number of thiophene rings is 1. The monoisotopic (exact) mass is 484 g/mol. The minimum atomic E-state index is -3.66. The Balaban J connectivity index is 1.28. The Morgan fingerprint density at radius 2 is 1.48 bits per heavy atom. The Labute approximate surface area is 201 Å². The molecule has 1 aromatic heterocycles. The lowest BCUT2D eigenvalue weighted by Gasteiger charge is -2.08. The van der Waals surface area contributed by atoms with E-state index < -0.39 is 10.1 Å². The molecular formula is C27H32O4S2. The number of rotatable bonds is 14. The number of benzene rings is 2. The zero-order valence-corrected chi connectivity index (χ0v) is 20.8. The third kappa shape index (κ3) is 7.91. The first-order chi connectivity index (χ1) is 16.0. The number of unbranched alkanes of at least 4 members (excludes halogenated alkanes) is 6. The predicted octanol–water partition coefficient (Wildman–Crippen LogP) is 6.97. The molecule has 3 aromatic rings. The summed E-state index contributed by atoms with van der Waals surface area (Å²) in [5.41, 5.74) is 2.97. The minimum Gasteiger partial charge on any atom is -0.288 e. The van der Waals surface area contributed by atoms with Crippen molar-refractivity contribution in [3.63, 3.8) is 0 Å². The molecule has 0 fully saturated rings. The summed E-state index contributed by atoms with van der Waals surface area (Å²) >= 11 is 1.49. The van der Waals surface area contributed by atoms with E-state index in [1.807, 2.05) is 42.6 Å². The van der Waals surface area contributed by atoms with Gasteiger partial charge in [-0.3, -0.25) is 8.98 Å². The van der Waals surface area contributed by atoms with E-state index in [-0.39, 0.29) is 17.3 Å². The van der Waals surface area contributed by atoms with Crippen LogP contribution in [0.2, 0.25) is 0 Å². The fourth-order valence-electron chi connectivity index (χ4n) is 3.74. The van der Waals surface area contributed by atoms with Gasteiger partial charge in [-0.2, -0.15) is 8.42 Å². The maximum Gasteiger partial charge on any atom is 0.296 e. The molecule has 1 heterocycles. The van der Waals surface area contributed by atoms with E-state index in [0.29, 0.717) is 0 Å². The molecule has 3 rings (SSSR count). The molecule has 0 aliphatic rings. The van der Waals surface area contributed by atoms with Crippen molar-refractivity contribution in [2.75, 3.05) is 6.61 Å². The standard InChI is InChI=1S/C27H32O4S2/c1-22-16-18-24(19-17-22)33(29,30)31-20-10-6-4-2-3-5-7-12-23-13-8-9-14-25(23)27(28)26-15-11-21-32-26/h8-9,11,13-19,21H,2-7,10,12,20H2,1H3. The van der Waals surface area contributed by atoms with Gasteiger partial charge in [-0.15, -0.1) is 11.3 Å². The Morgan fingerprint density at radius 1 is 0.818 bits per heavy atom. The number of ketones is 1. The predicted molar refractivity (Wildman–Crippen MR) is 135 cm³/mol. The van der Waals surface area contributed by atoms with E-state index in [4.69, 9.17) is 4.18 Å². The quantitative estimate of drug-likeness (QED) is 0.141. The van der Waals surface area contributed by atoms with E-state index in [2.05, 4.69) is 6.07 Å². The van der Waals surface area contributed by atoms with E-state index >= 15 is 0 Å². The van der Waals surface area contributed by atoms with E-state index in [0.717, 1.165) is 72.9 Å². The molecule has 33 heavy (non-hydrogen) atoms. The van der Waals surface area contributed by atoms with E-state index in [9.17, 15) is 13.2 Å². The number of carbonyl (C=O) groups excluding carboxylic acids is 1. The summed E-state index contributed by atoms with van der Waals surface area (Å²) in [5, 5.41) is 1.94. The number of hydrogen-bond acceptors (Lipinski definition) is 5. The lowest BCUT2D eigenvalue weighted by molar-refractivity contribution is 0.104. The first kappa shape index (κ1) is 25.3. The molecule has 0 aliphatic heterocycles. The maximum atomic E-state index is 12.7. The molecule has 0 saturated heterocycles. The molecule has 2 aromatic carbocycles. The Morgan fingerprint density at radius 3 is 2.18 bits per heavy atom. The number of aryl methyl sites for hydroxylation is 2. The van der Waals surface area contributed by atoms with Gasteiger partial charge in [0.25, 0.3) is 10.1 Å². The van der Waals surface area contributed by atoms with Crippen LogP contribution in [-0.2, 0) is 20.7 Å². The second-order valence-electron chi connectivity index (χ2n) is 8.28. The Hall–Kier alpha value is -2.28. The molecule has 6 heteroatoms. The highest BCUT2D eigenvalue weighted by Gasteiger charge is 2.15. The fourth-order valence-corrected chi connectivity index (χ4v) is 5.36. The van der Waals surface area contributed by atoms with Gasteiger partial charge in [0, 0.05) is 5.56 Å². The van der Waals surface area contributed by atoms with Crippen LogP contribution in [-0.4, -0.2) is 20.8 Å². The molecule has 0 saturated carbocycles. The van der Waals surface area contributed by atoms with Gasteiger partial charge in [-0.25, -0.2) is 0 Å². The Bertz CT molecular complexity index is 1100. The second kappa shape index (κ2) is 12.8. The van der Waals surface area contributed by atoms with Crippen LogP contribution in [0.5, 0.6) is 0 Å². The van der Waals surface area contributed by atoms with Gasteiger partial charge < -0.3 is 0 Å². The molecule has 0 N–H and O–H groups in total. The van der Waals surface area contributed by atoms with Crippen LogP contribution < -0.4 is 0 Å². The molecule has 0 unspecified atom stereocenters. The van der Waals surface area contributed by atoms with Gasteiger partial charge in [0.05, 0.1) is 16.4 Å². The van der Waals surface area contributed by atoms with Crippen LogP contribution in [0.4, 0.5) is 0 Å². The average molecular weight is 485 g/mol. The smallest absolute Gasteiger partial charge is 0.288 e. The van der Waals surface area contributed by atoms with Crippen LogP contribution in [0.1, 0.15) is 71.3 Å². The largest absolute Gasteiger partial charge is 0.296 e. The fraction of sp³-hybridized carbons (Fsp3) is 0.370. The molecule has 0 amide bonds.